The normalized spacial score (nSPS) is 13.8. The quantitative estimate of drug-likeness (QED) is 0.109. The predicted octanol–water partition coefficient (Wildman–Crippen LogP) is 6.65. The Hall–Kier alpha value is -4.12. The fourth-order valence-corrected chi connectivity index (χ4v) is 6.47. The Morgan fingerprint density at radius 3 is 2.09 bits per heavy atom. The van der Waals surface area contributed by atoms with Gasteiger partial charge in [-0.15, -0.1) is 0 Å². The molecule has 242 valence electrons. The first-order chi connectivity index (χ1) is 21.5. The third kappa shape index (κ3) is 11.4. The summed E-state index contributed by atoms with van der Waals surface area (Å²) in [5, 5.41) is 15.0. The molecule has 2 unspecified atom stereocenters. The van der Waals surface area contributed by atoms with Gasteiger partial charge in [-0.3, -0.25) is 13.9 Å². The van der Waals surface area contributed by atoms with Crippen LogP contribution in [0.4, 0.5) is 13.6 Å². The molecule has 3 rings (SSSR count). The number of aliphatic carboxylic acids is 1. The minimum atomic E-state index is -4.47. The van der Waals surface area contributed by atoms with Crippen LogP contribution in [0.15, 0.2) is 78.9 Å². The molecule has 2 amide bonds. The Bertz CT molecular complexity index is 1460. The fraction of sp³-hybridized carbons (Fsp3) is 0.344. The van der Waals surface area contributed by atoms with Gasteiger partial charge in [0.15, 0.2) is 6.10 Å². The second kappa shape index (κ2) is 17.4. The molecule has 10 nitrogen and oxygen atoms in total. The number of carboxylic acids is 1. The van der Waals surface area contributed by atoms with Crippen LogP contribution in [0.3, 0.4) is 0 Å². The van der Waals surface area contributed by atoms with Crippen molar-refractivity contribution in [3.8, 4) is 0 Å². The molecule has 0 radical (unpaired) electrons. The molecule has 0 heterocycles. The van der Waals surface area contributed by atoms with E-state index in [9.17, 15) is 32.8 Å². The average Bonchev–Trinajstić information content (AvgIpc) is 3.01. The number of hydrogen-bond acceptors (Lipinski definition) is 7. The van der Waals surface area contributed by atoms with Crippen LogP contribution in [0.5, 0.6) is 0 Å². The maximum atomic E-state index is 14.4. The smallest absolute Gasteiger partial charge is 0.407 e. The molecule has 13 heteroatoms. The van der Waals surface area contributed by atoms with Crippen LogP contribution >= 0.6 is 7.60 Å². The first-order valence-electron chi connectivity index (χ1n) is 14.4. The molecule has 0 saturated carbocycles. The maximum Gasteiger partial charge on any atom is 0.407 e. The van der Waals surface area contributed by atoms with Crippen molar-refractivity contribution >= 4 is 25.6 Å². The minimum Gasteiger partial charge on any atom is -0.479 e. The molecule has 3 atom stereocenters. The number of rotatable bonds is 17. The van der Waals surface area contributed by atoms with Gasteiger partial charge >= 0.3 is 19.7 Å². The molecular formula is C32H37F2N2O8P. The van der Waals surface area contributed by atoms with Gasteiger partial charge in [0, 0.05) is 12.6 Å². The van der Waals surface area contributed by atoms with E-state index in [1.54, 1.807) is 44.2 Å². The van der Waals surface area contributed by atoms with Crippen LogP contribution in [0.25, 0.3) is 0 Å². The number of benzene rings is 3. The van der Waals surface area contributed by atoms with Crippen molar-refractivity contribution in [2.75, 3.05) is 6.54 Å². The van der Waals surface area contributed by atoms with Crippen molar-refractivity contribution in [3.63, 3.8) is 0 Å². The van der Waals surface area contributed by atoms with E-state index in [1.165, 1.54) is 0 Å². The molecule has 45 heavy (non-hydrogen) atoms. The Balaban J connectivity index is 1.67. The highest BCUT2D eigenvalue weighted by atomic mass is 31.2. The number of hydrogen-bond donors (Lipinski definition) is 3. The predicted molar refractivity (Wildman–Crippen MR) is 162 cm³/mol. The number of nitrogens with one attached hydrogen (secondary N) is 2. The molecule has 0 bridgehead atoms. The van der Waals surface area contributed by atoms with Crippen molar-refractivity contribution in [2.45, 2.75) is 58.2 Å². The fourth-order valence-electron chi connectivity index (χ4n) is 4.23. The second-order valence-electron chi connectivity index (χ2n) is 10.5. The largest absolute Gasteiger partial charge is 0.479 e. The Morgan fingerprint density at radius 1 is 0.889 bits per heavy atom. The van der Waals surface area contributed by atoms with Gasteiger partial charge in [-0.1, -0.05) is 74.5 Å². The van der Waals surface area contributed by atoms with Gasteiger partial charge in [0.1, 0.15) is 24.0 Å². The summed E-state index contributed by atoms with van der Waals surface area (Å²) in [4.78, 5) is 37.2. The number of unbranched alkanes of at least 4 members (excludes halogenated alkanes) is 1. The molecule has 0 spiro atoms. The second-order valence-corrected chi connectivity index (χ2v) is 12.6. The summed E-state index contributed by atoms with van der Waals surface area (Å²) in [6.45, 7) is 3.26. The number of amides is 2. The standard InChI is InChI=1S/C32H37F2N2O8P/c1-22(2)30(36-29(37)26-17-16-25(33)19-27(26)34)45(41,43-21-24-13-7-4-8-14-24)44-28(31(38)39)15-9-10-18-35-32(40)42-20-23-11-5-3-6-12-23/h3-8,11-14,16-17,19,22,28,30H,9-10,15,18,20-21H2,1-2H3,(H,35,40)(H,36,37)(H,38,39)/t28-,30?,45?/m0/s1. The molecule has 0 fully saturated rings. The van der Waals surface area contributed by atoms with Crippen LogP contribution in [-0.4, -0.2) is 41.5 Å². The van der Waals surface area contributed by atoms with Gasteiger partial charge < -0.3 is 25.0 Å². The summed E-state index contributed by atoms with van der Waals surface area (Å²) in [6.07, 6.45) is -1.71. The van der Waals surface area contributed by atoms with E-state index in [2.05, 4.69) is 10.6 Å². The van der Waals surface area contributed by atoms with Gasteiger partial charge in [-0.05, 0) is 48.4 Å². The van der Waals surface area contributed by atoms with Gasteiger partial charge in [-0.25, -0.2) is 18.4 Å². The van der Waals surface area contributed by atoms with E-state index in [0.717, 1.165) is 17.7 Å². The average molecular weight is 647 g/mol. The Kier molecular flexibility index (Phi) is 13.7. The lowest BCUT2D eigenvalue weighted by Gasteiger charge is -2.32. The number of halogens is 2. The summed E-state index contributed by atoms with van der Waals surface area (Å²) < 4.78 is 58.8. The van der Waals surface area contributed by atoms with E-state index in [1.807, 2.05) is 30.3 Å². The highest BCUT2D eigenvalue weighted by Gasteiger charge is 2.43. The van der Waals surface area contributed by atoms with Crippen molar-refractivity contribution in [1.29, 1.82) is 0 Å². The number of carboxylic acid groups (broad SMARTS) is 1. The monoisotopic (exact) mass is 646 g/mol. The molecular weight excluding hydrogens is 609 g/mol. The van der Waals surface area contributed by atoms with Crippen LogP contribution in [0, 0.1) is 17.6 Å². The van der Waals surface area contributed by atoms with E-state index < -0.39 is 60.6 Å². The molecule has 0 aliphatic rings. The molecule has 0 aromatic heterocycles. The third-order valence-electron chi connectivity index (χ3n) is 6.61. The zero-order valence-electron chi connectivity index (χ0n) is 25.0. The summed E-state index contributed by atoms with van der Waals surface area (Å²) in [7, 11) is -4.47. The zero-order valence-corrected chi connectivity index (χ0v) is 25.9. The number of alkyl carbamates (subject to hydrolysis) is 1. The zero-order chi connectivity index (χ0) is 32.8. The van der Waals surface area contributed by atoms with Crippen molar-refractivity contribution in [1.82, 2.24) is 10.6 Å². The maximum absolute atomic E-state index is 14.4. The number of ether oxygens (including phenoxy) is 1. The lowest BCUT2D eigenvalue weighted by atomic mass is 10.1. The summed E-state index contributed by atoms with van der Waals surface area (Å²) in [5.41, 5.74) is 0.935. The van der Waals surface area contributed by atoms with E-state index in [4.69, 9.17) is 13.8 Å². The topological polar surface area (TPSA) is 140 Å². The molecule has 3 N–H and O–H groups in total. The summed E-state index contributed by atoms with van der Waals surface area (Å²) >= 11 is 0. The van der Waals surface area contributed by atoms with E-state index >= 15 is 0 Å². The molecule has 3 aromatic carbocycles. The molecule has 0 saturated heterocycles. The number of carbonyl (C=O) groups excluding carboxylic acids is 2. The van der Waals surface area contributed by atoms with Gasteiger partial charge in [0.05, 0.1) is 12.2 Å². The van der Waals surface area contributed by atoms with Crippen molar-refractivity contribution in [2.24, 2.45) is 5.92 Å². The first-order valence-corrected chi connectivity index (χ1v) is 16.0. The molecule has 0 aliphatic carbocycles. The SMILES string of the molecule is CC(C)C(NC(=O)c1ccc(F)cc1F)P(=O)(OCc1ccccc1)O[C@@H](CCCCNC(=O)OCc1ccccc1)C(=O)O. The molecule has 3 aromatic rings. The van der Waals surface area contributed by atoms with Crippen LogP contribution in [0.2, 0.25) is 0 Å². The minimum absolute atomic E-state index is 0.0971. The van der Waals surface area contributed by atoms with Gasteiger partial charge in [0.25, 0.3) is 5.91 Å². The van der Waals surface area contributed by atoms with Crippen molar-refractivity contribution in [3.05, 3.63) is 107 Å². The summed E-state index contributed by atoms with van der Waals surface area (Å²) in [5.74, 6) is -6.44. The highest BCUT2D eigenvalue weighted by molar-refractivity contribution is 7.54. The van der Waals surface area contributed by atoms with Gasteiger partial charge in [-0.2, -0.15) is 0 Å². The van der Waals surface area contributed by atoms with Gasteiger partial charge in [0.2, 0.25) is 0 Å². The van der Waals surface area contributed by atoms with E-state index in [-0.39, 0.29) is 32.6 Å². The summed E-state index contributed by atoms with van der Waals surface area (Å²) in [6, 6.07) is 20.2. The van der Waals surface area contributed by atoms with Crippen LogP contribution < -0.4 is 10.6 Å². The van der Waals surface area contributed by atoms with Crippen LogP contribution in [0.1, 0.15) is 54.6 Å². The lowest BCUT2D eigenvalue weighted by molar-refractivity contribution is -0.146. The van der Waals surface area contributed by atoms with E-state index in [0.29, 0.717) is 18.1 Å². The Morgan fingerprint density at radius 2 is 1.51 bits per heavy atom. The van der Waals surface area contributed by atoms with Crippen molar-refractivity contribution < 1.29 is 46.6 Å². The number of carbonyl (C=O) groups is 3. The highest BCUT2D eigenvalue weighted by Crippen LogP contribution is 2.56. The lowest BCUT2D eigenvalue weighted by Crippen LogP contribution is -2.41. The molecule has 0 aliphatic heterocycles. The Labute approximate surface area is 260 Å². The first kappa shape index (κ1) is 35.4. The third-order valence-corrected chi connectivity index (χ3v) is 9.05. The van der Waals surface area contributed by atoms with Crippen LogP contribution in [-0.2, 0) is 36.4 Å².